The van der Waals surface area contributed by atoms with Crippen LogP contribution in [0.2, 0.25) is 0 Å². The van der Waals surface area contributed by atoms with E-state index < -0.39 is 116 Å². The lowest BCUT2D eigenvalue weighted by molar-refractivity contribution is -0.383. The monoisotopic (exact) mass is 898 g/mol. The number of hydrogen-bond acceptors (Lipinski definition) is 18. The van der Waals surface area contributed by atoms with Crippen molar-refractivity contribution in [1.29, 1.82) is 0 Å². The van der Waals surface area contributed by atoms with Crippen molar-refractivity contribution in [3.63, 3.8) is 0 Å². The molecule has 3 fully saturated rings. The third-order valence-corrected chi connectivity index (χ3v) is 10.3. The zero-order valence-corrected chi connectivity index (χ0v) is 35.6. The number of carbonyl (C=O) groups is 6. The van der Waals surface area contributed by atoms with Crippen LogP contribution < -0.4 is 0 Å². The van der Waals surface area contributed by atoms with Crippen molar-refractivity contribution in [2.45, 2.75) is 88.2 Å². The van der Waals surface area contributed by atoms with Gasteiger partial charge in [-0.25, -0.2) is 14.4 Å². The number of fused-ring (bicyclic) bond motifs is 1. The molecule has 3 aliphatic heterocycles. The highest BCUT2D eigenvalue weighted by atomic mass is 16.9. The Morgan fingerprint density at radius 3 is 1.46 bits per heavy atom. The van der Waals surface area contributed by atoms with Gasteiger partial charge >= 0.3 is 41.8 Å². The van der Waals surface area contributed by atoms with Gasteiger partial charge in [0, 0.05) is 33.4 Å². The van der Waals surface area contributed by atoms with Crippen LogP contribution in [0, 0.1) is 0 Å². The van der Waals surface area contributed by atoms with Gasteiger partial charge in [-0.15, -0.1) is 0 Å². The van der Waals surface area contributed by atoms with Crippen LogP contribution >= 0.6 is 0 Å². The fraction of sp³-hybridized carbons (Fsp3) is 0.362. The molecule has 18 heteroatoms. The van der Waals surface area contributed by atoms with Crippen molar-refractivity contribution in [2.75, 3.05) is 20.3 Å². The van der Waals surface area contributed by atoms with E-state index in [0.717, 1.165) is 20.8 Å². The summed E-state index contributed by atoms with van der Waals surface area (Å²) in [6.45, 7) is 2.28. The highest BCUT2D eigenvalue weighted by Gasteiger charge is 2.63. The molecule has 3 saturated heterocycles. The minimum atomic E-state index is -2.26. The largest absolute Gasteiger partial charge is 0.459 e. The molecule has 0 bridgehead atoms. The maximum Gasteiger partial charge on any atom is 0.338 e. The van der Waals surface area contributed by atoms with Crippen molar-refractivity contribution >= 4 is 35.8 Å². The summed E-state index contributed by atoms with van der Waals surface area (Å²) in [7, 11) is 1.26. The average molecular weight is 899 g/mol. The fourth-order valence-electron chi connectivity index (χ4n) is 7.52. The zero-order chi connectivity index (χ0) is 46.1. The molecule has 3 aliphatic rings. The van der Waals surface area contributed by atoms with Gasteiger partial charge in [0.05, 0.1) is 23.3 Å². The number of carbonyl (C=O) groups excluding carboxylic acids is 6. The van der Waals surface area contributed by atoms with Gasteiger partial charge in [-0.3, -0.25) is 19.1 Å². The average Bonchev–Trinajstić information content (AvgIpc) is 3.70. The number of ether oxygens (including phenoxy) is 12. The molecule has 0 saturated carbocycles. The molecule has 342 valence electrons. The third kappa shape index (κ3) is 11.1. The summed E-state index contributed by atoms with van der Waals surface area (Å²) >= 11 is 0. The lowest BCUT2D eigenvalue weighted by Crippen LogP contribution is -2.63. The van der Waals surface area contributed by atoms with Gasteiger partial charge in [-0.05, 0) is 36.4 Å². The van der Waals surface area contributed by atoms with Gasteiger partial charge in [0.2, 0.25) is 0 Å². The second-order valence-corrected chi connectivity index (χ2v) is 14.9. The standard InChI is InChI=1S/C47H46O18/c1-27(48)57-36-35(60-45(54-4)40(59-29(3)50)38(36)58-28(2)49)26-56-47(33-23-15-8-16-24-33)64-41-39(63-44(53)32-21-13-7-14-22-32)37(62-43(52)31-19-11-6-12-20-31)34(61-46(41)65-47)25-55-42(51)30-17-9-5-10-18-30/h5-24,34-41,45-46H,25-26H2,1-4H3/t34-,35-,36-,37-,38+,39+,40-,41-,45+,46-,47+/m1/s1. The smallest absolute Gasteiger partial charge is 0.338 e. The zero-order valence-electron chi connectivity index (χ0n) is 35.6. The fourth-order valence-corrected chi connectivity index (χ4v) is 7.52. The van der Waals surface area contributed by atoms with Crippen LogP contribution in [0.15, 0.2) is 121 Å². The maximum atomic E-state index is 14.0. The van der Waals surface area contributed by atoms with Crippen LogP contribution in [0.25, 0.3) is 0 Å². The Bertz CT molecular complexity index is 2280. The molecule has 0 spiro atoms. The predicted molar refractivity (Wildman–Crippen MR) is 219 cm³/mol. The molecule has 11 atom stereocenters. The number of hydrogen-bond donors (Lipinski definition) is 0. The van der Waals surface area contributed by atoms with Crippen LogP contribution in [0.3, 0.4) is 0 Å². The first kappa shape index (κ1) is 46.5. The molecule has 0 aliphatic carbocycles. The Kier molecular flexibility index (Phi) is 15.0. The van der Waals surface area contributed by atoms with Crippen molar-refractivity contribution in [3.05, 3.63) is 144 Å². The number of benzene rings is 4. The van der Waals surface area contributed by atoms with Gasteiger partial charge in [0.1, 0.15) is 18.8 Å². The van der Waals surface area contributed by atoms with E-state index >= 15 is 0 Å². The normalized spacial score (nSPS) is 28.1. The molecule has 0 N–H and O–H groups in total. The number of rotatable bonds is 15. The Balaban J connectivity index is 1.26. The summed E-state index contributed by atoms with van der Waals surface area (Å²) in [5.41, 5.74) is 0.771. The molecule has 18 nitrogen and oxygen atoms in total. The Morgan fingerprint density at radius 2 is 0.938 bits per heavy atom. The van der Waals surface area contributed by atoms with Crippen LogP contribution in [0.1, 0.15) is 57.4 Å². The molecule has 65 heavy (non-hydrogen) atoms. The van der Waals surface area contributed by atoms with Crippen molar-refractivity contribution < 1.29 is 85.6 Å². The van der Waals surface area contributed by atoms with Gasteiger partial charge in [0.25, 0.3) is 0 Å². The van der Waals surface area contributed by atoms with Crippen LogP contribution in [-0.2, 0) is 77.2 Å². The van der Waals surface area contributed by atoms with Gasteiger partial charge in [0.15, 0.2) is 49.2 Å². The Labute approximate surface area is 372 Å². The molecule has 4 aromatic carbocycles. The molecule has 4 aromatic rings. The molecule has 0 radical (unpaired) electrons. The van der Waals surface area contributed by atoms with Gasteiger partial charge in [-0.1, -0.05) is 84.9 Å². The second-order valence-electron chi connectivity index (χ2n) is 14.9. The molecule has 0 unspecified atom stereocenters. The molecule has 0 aromatic heterocycles. The lowest BCUT2D eigenvalue weighted by Gasteiger charge is -2.44. The summed E-state index contributed by atoms with van der Waals surface area (Å²) < 4.78 is 72.5. The van der Waals surface area contributed by atoms with Gasteiger partial charge < -0.3 is 52.1 Å². The predicted octanol–water partition coefficient (Wildman–Crippen LogP) is 4.43. The van der Waals surface area contributed by atoms with Crippen molar-refractivity contribution in [1.82, 2.24) is 0 Å². The number of esters is 6. The summed E-state index contributed by atoms with van der Waals surface area (Å²) in [6, 6.07) is 32.5. The van der Waals surface area contributed by atoms with E-state index in [-0.39, 0.29) is 22.3 Å². The summed E-state index contributed by atoms with van der Waals surface area (Å²) in [5, 5.41) is 0. The highest BCUT2D eigenvalue weighted by Crippen LogP contribution is 2.46. The van der Waals surface area contributed by atoms with Crippen LogP contribution in [0.4, 0.5) is 0 Å². The minimum absolute atomic E-state index is 0.147. The molecular weight excluding hydrogens is 852 g/mol. The Morgan fingerprint density at radius 1 is 0.492 bits per heavy atom. The highest BCUT2D eigenvalue weighted by molar-refractivity contribution is 5.91. The van der Waals surface area contributed by atoms with Crippen molar-refractivity contribution in [2.24, 2.45) is 0 Å². The van der Waals surface area contributed by atoms with E-state index in [1.807, 2.05) is 0 Å². The summed E-state index contributed by atoms with van der Waals surface area (Å²) in [4.78, 5) is 78.2. The first-order valence-corrected chi connectivity index (χ1v) is 20.5. The molecule has 3 heterocycles. The second kappa shape index (κ2) is 21.0. The summed E-state index contributed by atoms with van der Waals surface area (Å²) in [5.74, 6) is -7.00. The van der Waals surface area contributed by atoms with E-state index in [1.54, 1.807) is 97.1 Å². The summed E-state index contributed by atoms with van der Waals surface area (Å²) in [6.07, 6.45) is -14.3. The number of methoxy groups -OCH3 is 1. The van der Waals surface area contributed by atoms with E-state index in [9.17, 15) is 28.8 Å². The molecular formula is C47H46O18. The minimum Gasteiger partial charge on any atom is -0.459 e. The van der Waals surface area contributed by atoms with Gasteiger partial charge in [-0.2, -0.15) is 0 Å². The first-order valence-electron chi connectivity index (χ1n) is 20.5. The Hall–Kier alpha value is -6.54. The maximum absolute atomic E-state index is 14.0. The first-order chi connectivity index (χ1) is 31.4. The lowest BCUT2D eigenvalue weighted by atomic mass is 9.98. The van der Waals surface area contributed by atoms with Crippen LogP contribution in [-0.4, -0.2) is 118 Å². The van der Waals surface area contributed by atoms with E-state index in [0.29, 0.717) is 0 Å². The van der Waals surface area contributed by atoms with E-state index in [2.05, 4.69) is 0 Å². The molecule has 0 amide bonds. The van der Waals surface area contributed by atoms with E-state index in [1.165, 1.54) is 31.4 Å². The quantitative estimate of drug-likeness (QED) is 0.119. The van der Waals surface area contributed by atoms with Crippen LogP contribution in [0.5, 0.6) is 0 Å². The third-order valence-electron chi connectivity index (χ3n) is 10.3. The van der Waals surface area contributed by atoms with Crippen molar-refractivity contribution in [3.8, 4) is 0 Å². The van der Waals surface area contributed by atoms with E-state index in [4.69, 9.17) is 56.8 Å². The SMILES string of the molecule is CO[C@H]1O[C@H](CO[C@]2(c3ccccc3)O[C@H]3O[C@H](COC(=O)c4ccccc4)[C@@H](OC(=O)c4ccccc4)[C@H](OC(=O)c4ccccc4)[C@H]3O2)[C@@H](OC(C)=O)[C@H](OC(C)=O)[C@H]1OC(C)=O. The topological polar surface area (TPSA) is 213 Å². The molecule has 7 rings (SSSR count).